The van der Waals surface area contributed by atoms with Crippen molar-refractivity contribution in [3.8, 4) is 5.75 Å². The molecule has 114 valence electrons. The Morgan fingerprint density at radius 3 is 2.59 bits per heavy atom. The van der Waals surface area contributed by atoms with E-state index in [4.69, 9.17) is 40.2 Å². The number of hydrogen-bond donors (Lipinski definition) is 2. The Hall–Kier alpha value is -1.82. The van der Waals surface area contributed by atoms with E-state index in [1.807, 2.05) is 0 Å². The molecule has 0 bridgehead atoms. The molecule has 0 aliphatic carbocycles. The molecule has 0 saturated carbocycles. The van der Waals surface area contributed by atoms with E-state index in [1.165, 1.54) is 7.11 Å². The number of carbonyl (C=O) groups excluding carboxylic acids is 1. The molecule has 2 aromatic carbocycles. The first-order valence-electron chi connectivity index (χ1n) is 6.21. The highest BCUT2D eigenvalue weighted by atomic mass is 35.5. The molecule has 0 heterocycles. The van der Waals surface area contributed by atoms with Gasteiger partial charge in [-0.2, -0.15) is 0 Å². The van der Waals surface area contributed by atoms with Crippen molar-refractivity contribution in [2.24, 2.45) is 0 Å². The molecule has 0 saturated heterocycles. The van der Waals surface area contributed by atoms with Crippen LogP contribution in [0.3, 0.4) is 0 Å². The molecule has 2 rings (SSSR count). The highest BCUT2D eigenvalue weighted by Crippen LogP contribution is 2.27. The lowest BCUT2D eigenvalue weighted by Gasteiger charge is -2.13. The normalized spacial score (nSPS) is 9.95. The first-order chi connectivity index (χ1) is 10.5. The summed E-state index contributed by atoms with van der Waals surface area (Å²) in [4.78, 5) is 12.1. The summed E-state index contributed by atoms with van der Waals surface area (Å²) >= 11 is 17.0. The summed E-state index contributed by atoms with van der Waals surface area (Å²) in [6, 6.07) is 11.7. The molecule has 0 radical (unpaired) electrons. The van der Waals surface area contributed by atoms with Gasteiger partial charge < -0.3 is 10.1 Å². The molecule has 2 aromatic rings. The Kier molecular flexibility index (Phi) is 5.60. The standard InChI is InChI=1S/C15H12Cl2N2O2S/c1-21-13-7-6-9(16)8-12(13)18-15(22)19-14(20)10-4-2-3-5-11(10)17/h2-8H,1H3,(H2,18,19,20,22). The number of carbonyl (C=O) groups is 1. The quantitative estimate of drug-likeness (QED) is 0.813. The third-order valence-electron chi connectivity index (χ3n) is 2.76. The maximum Gasteiger partial charge on any atom is 0.258 e. The summed E-state index contributed by atoms with van der Waals surface area (Å²) in [6.07, 6.45) is 0. The molecule has 0 aromatic heterocycles. The van der Waals surface area contributed by atoms with Crippen LogP contribution >= 0.6 is 35.4 Å². The number of methoxy groups -OCH3 is 1. The predicted molar refractivity (Wildman–Crippen MR) is 93.1 cm³/mol. The van der Waals surface area contributed by atoms with Crippen molar-refractivity contribution in [3.05, 3.63) is 58.1 Å². The number of hydrogen-bond acceptors (Lipinski definition) is 3. The van der Waals surface area contributed by atoms with Crippen molar-refractivity contribution in [1.29, 1.82) is 0 Å². The van der Waals surface area contributed by atoms with Crippen molar-refractivity contribution in [3.63, 3.8) is 0 Å². The van der Waals surface area contributed by atoms with E-state index in [2.05, 4.69) is 10.6 Å². The first kappa shape index (κ1) is 16.5. The zero-order chi connectivity index (χ0) is 16.1. The highest BCUT2D eigenvalue weighted by Gasteiger charge is 2.12. The van der Waals surface area contributed by atoms with Gasteiger partial charge in [0, 0.05) is 5.02 Å². The van der Waals surface area contributed by atoms with Gasteiger partial charge in [-0.15, -0.1) is 0 Å². The van der Waals surface area contributed by atoms with Crippen molar-refractivity contribution in [2.75, 3.05) is 12.4 Å². The van der Waals surface area contributed by atoms with E-state index >= 15 is 0 Å². The first-order valence-corrected chi connectivity index (χ1v) is 7.38. The monoisotopic (exact) mass is 354 g/mol. The fraction of sp³-hybridized carbons (Fsp3) is 0.0667. The second-order valence-electron chi connectivity index (χ2n) is 4.23. The number of amides is 1. The topological polar surface area (TPSA) is 50.4 Å². The van der Waals surface area contributed by atoms with Crippen molar-refractivity contribution in [1.82, 2.24) is 5.32 Å². The number of rotatable bonds is 3. The van der Waals surface area contributed by atoms with Crippen LogP contribution in [-0.2, 0) is 0 Å². The third-order valence-corrected chi connectivity index (χ3v) is 3.52. The Balaban J connectivity index is 2.09. The summed E-state index contributed by atoms with van der Waals surface area (Å²) in [5.74, 6) is 0.155. The van der Waals surface area contributed by atoms with E-state index in [9.17, 15) is 4.79 Å². The summed E-state index contributed by atoms with van der Waals surface area (Å²) in [6.45, 7) is 0. The molecule has 7 heteroatoms. The number of benzene rings is 2. The van der Waals surface area contributed by atoms with Crippen LogP contribution in [0.15, 0.2) is 42.5 Å². The number of halogens is 2. The molecule has 2 N–H and O–H groups in total. The molecule has 22 heavy (non-hydrogen) atoms. The summed E-state index contributed by atoms with van der Waals surface area (Å²) < 4.78 is 5.20. The Morgan fingerprint density at radius 1 is 1.18 bits per heavy atom. The van der Waals surface area contributed by atoms with Crippen LogP contribution in [-0.4, -0.2) is 18.1 Å². The second kappa shape index (κ2) is 7.45. The Bertz CT molecular complexity index is 722. The molecule has 0 atom stereocenters. The molecular weight excluding hydrogens is 343 g/mol. The minimum Gasteiger partial charge on any atom is -0.495 e. The molecular formula is C15H12Cl2N2O2S. The third kappa shape index (κ3) is 4.10. The smallest absolute Gasteiger partial charge is 0.258 e. The van der Waals surface area contributed by atoms with Crippen LogP contribution in [0.4, 0.5) is 5.69 Å². The van der Waals surface area contributed by atoms with Gasteiger partial charge in [-0.05, 0) is 42.5 Å². The van der Waals surface area contributed by atoms with Crippen LogP contribution in [0.1, 0.15) is 10.4 Å². The zero-order valence-electron chi connectivity index (χ0n) is 11.5. The maximum atomic E-state index is 12.1. The minimum absolute atomic E-state index is 0.116. The van der Waals surface area contributed by atoms with E-state index in [1.54, 1.807) is 42.5 Å². The second-order valence-corrected chi connectivity index (χ2v) is 5.48. The zero-order valence-corrected chi connectivity index (χ0v) is 13.9. The highest BCUT2D eigenvalue weighted by molar-refractivity contribution is 7.80. The number of thiocarbonyl (C=S) groups is 1. The van der Waals surface area contributed by atoms with Gasteiger partial charge in [0.2, 0.25) is 0 Å². The number of anilines is 1. The molecule has 1 amide bonds. The van der Waals surface area contributed by atoms with Crippen LogP contribution in [0.25, 0.3) is 0 Å². The Morgan fingerprint density at radius 2 is 1.91 bits per heavy atom. The van der Waals surface area contributed by atoms with E-state index in [0.29, 0.717) is 27.0 Å². The van der Waals surface area contributed by atoms with Crippen molar-refractivity contribution < 1.29 is 9.53 Å². The molecule has 0 aliphatic rings. The average molecular weight is 355 g/mol. The molecule has 4 nitrogen and oxygen atoms in total. The van der Waals surface area contributed by atoms with Crippen LogP contribution in [0.5, 0.6) is 5.75 Å². The predicted octanol–water partition coefficient (Wildman–Crippen LogP) is 4.13. The van der Waals surface area contributed by atoms with E-state index < -0.39 is 5.91 Å². The van der Waals surface area contributed by atoms with Gasteiger partial charge in [-0.1, -0.05) is 35.3 Å². The summed E-state index contributed by atoms with van der Waals surface area (Å²) in [5.41, 5.74) is 0.894. The molecule has 0 aliphatic heterocycles. The van der Waals surface area contributed by atoms with Gasteiger partial charge in [0.05, 0.1) is 23.4 Å². The largest absolute Gasteiger partial charge is 0.495 e. The van der Waals surface area contributed by atoms with Gasteiger partial charge >= 0.3 is 0 Å². The minimum atomic E-state index is -0.399. The fourth-order valence-corrected chi connectivity index (χ4v) is 2.34. The molecule has 0 unspecified atom stereocenters. The van der Waals surface area contributed by atoms with Crippen molar-refractivity contribution in [2.45, 2.75) is 0 Å². The van der Waals surface area contributed by atoms with Gasteiger partial charge in [-0.25, -0.2) is 0 Å². The fourth-order valence-electron chi connectivity index (χ4n) is 1.75. The lowest BCUT2D eigenvalue weighted by molar-refractivity contribution is 0.0978. The van der Waals surface area contributed by atoms with Gasteiger partial charge in [0.1, 0.15) is 5.75 Å². The summed E-state index contributed by atoms with van der Waals surface area (Å²) in [5, 5.41) is 6.41. The lowest BCUT2D eigenvalue weighted by atomic mass is 10.2. The number of ether oxygens (including phenoxy) is 1. The molecule has 0 fully saturated rings. The maximum absolute atomic E-state index is 12.1. The summed E-state index contributed by atoms with van der Waals surface area (Å²) in [7, 11) is 1.53. The van der Waals surface area contributed by atoms with E-state index in [0.717, 1.165) is 0 Å². The van der Waals surface area contributed by atoms with Gasteiger partial charge in [-0.3, -0.25) is 10.1 Å². The SMILES string of the molecule is COc1ccc(Cl)cc1NC(=S)NC(=O)c1ccccc1Cl. The van der Waals surface area contributed by atoms with Crippen LogP contribution in [0, 0.1) is 0 Å². The van der Waals surface area contributed by atoms with Crippen LogP contribution < -0.4 is 15.4 Å². The van der Waals surface area contributed by atoms with Crippen LogP contribution in [0.2, 0.25) is 10.0 Å². The van der Waals surface area contributed by atoms with Crippen molar-refractivity contribution >= 4 is 52.1 Å². The van der Waals surface area contributed by atoms with Gasteiger partial charge in [0.25, 0.3) is 5.91 Å². The molecule has 0 spiro atoms. The lowest BCUT2D eigenvalue weighted by Crippen LogP contribution is -2.34. The number of nitrogens with one attached hydrogen (secondary N) is 2. The van der Waals surface area contributed by atoms with E-state index in [-0.39, 0.29) is 5.11 Å². The van der Waals surface area contributed by atoms with Gasteiger partial charge in [0.15, 0.2) is 5.11 Å². The Labute approximate surface area is 143 Å². The average Bonchev–Trinajstić information content (AvgIpc) is 2.47.